The summed E-state index contributed by atoms with van der Waals surface area (Å²) in [6.45, 7) is 0. The van der Waals surface area contributed by atoms with Gasteiger partial charge in [0.2, 0.25) is 0 Å². The third-order valence-corrected chi connectivity index (χ3v) is 2.16. The molecule has 0 aromatic carbocycles. The molecule has 0 unspecified atom stereocenters. The van der Waals surface area contributed by atoms with Gasteiger partial charge in [-0.2, -0.15) is 0 Å². The fourth-order valence-electron chi connectivity index (χ4n) is 0.527. The summed E-state index contributed by atoms with van der Waals surface area (Å²) in [7, 11) is 0. The van der Waals surface area contributed by atoms with Crippen LogP contribution in [0.3, 0.4) is 0 Å². The molecule has 0 N–H and O–H groups in total. The van der Waals surface area contributed by atoms with E-state index in [1.165, 1.54) is 12.3 Å². The SMILES string of the molecule is Fc1cc(CBr)ncc1Br. The molecule has 1 aromatic rings. The quantitative estimate of drug-likeness (QED) is 0.714. The maximum atomic E-state index is 12.7. The topological polar surface area (TPSA) is 12.9 Å². The molecule has 1 heterocycles. The Labute approximate surface area is 74.9 Å². The van der Waals surface area contributed by atoms with Gasteiger partial charge in [-0.25, -0.2) is 4.39 Å². The van der Waals surface area contributed by atoms with Gasteiger partial charge in [-0.05, 0) is 22.0 Å². The van der Waals surface area contributed by atoms with Gasteiger partial charge in [-0.15, -0.1) is 0 Å². The predicted octanol–water partition coefficient (Wildman–Crippen LogP) is 2.88. The Morgan fingerprint density at radius 3 is 2.80 bits per heavy atom. The van der Waals surface area contributed by atoms with Gasteiger partial charge < -0.3 is 0 Å². The normalized spacial score (nSPS) is 9.90. The van der Waals surface area contributed by atoms with Crippen LogP contribution in [-0.4, -0.2) is 4.98 Å². The van der Waals surface area contributed by atoms with Crippen molar-refractivity contribution in [2.45, 2.75) is 5.33 Å². The molecule has 1 nitrogen and oxygen atoms in total. The number of pyridine rings is 1. The molecule has 0 saturated carbocycles. The van der Waals surface area contributed by atoms with Crippen LogP contribution in [0, 0.1) is 5.82 Å². The molecular weight excluding hydrogens is 265 g/mol. The molecule has 54 valence electrons. The van der Waals surface area contributed by atoms with Gasteiger partial charge in [0.25, 0.3) is 0 Å². The van der Waals surface area contributed by atoms with Gasteiger partial charge >= 0.3 is 0 Å². The standard InChI is InChI=1S/C6H4Br2FN/c7-2-4-1-6(9)5(8)3-10-4/h1,3H,2H2. The van der Waals surface area contributed by atoms with Crippen molar-refractivity contribution in [3.05, 3.63) is 28.2 Å². The molecule has 0 aliphatic carbocycles. The van der Waals surface area contributed by atoms with Crippen molar-refractivity contribution in [1.29, 1.82) is 0 Å². The Hall–Kier alpha value is 0.0400. The van der Waals surface area contributed by atoms with E-state index in [4.69, 9.17) is 0 Å². The molecule has 10 heavy (non-hydrogen) atoms. The average molecular weight is 269 g/mol. The molecule has 0 bridgehead atoms. The van der Waals surface area contributed by atoms with E-state index in [-0.39, 0.29) is 5.82 Å². The first-order valence-electron chi connectivity index (χ1n) is 2.60. The smallest absolute Gasteiger partial charge is 0.140 e. The van der Waals surface area contributed by atoms with E-state index in [9.17, 15) is 4.39 Å². The van der Waals surface area contributed by atoms with Gasteiger partial charge in [0.15, 0.2) is 0 Å². The maximum absolute atomic E-state index is 12.7. The number of hydrogen-bond donors (Lipinski definition) is 0. The lowest BCUT2D eigenvalue weighted by Gasteiger charge is -1.95. The van der Waals surface area contributed by atoms with E-state index in [1.807, 2.05) is 0 Å². The maximum Gasteiger partial charge on any atom is 0.140 e. The minimum Gasteiger partial charge on any atom is -0.259 e. The third kappa shape index (κ3) is 1.76. The number of aromatic nitrogens is 1. The summed E-state index contributed by atoms with van der Waals surface area (Å²) in [6.07, 6.45) is 1.45. The van der Waals surface area contributed by atoms with Crippen LogP contribution < -0.4 is 0 Å². The molecule has 0 atom stereocenters. The van der Waals surface area contributed by atoms with Crippen LogP contribution in [0.25, 0.3) is 0 Å². The van der Waals surface area contributed by atoms with Crippen LogP contribution in [-0.2, 0) is 5.33 Å². The number of nitrogens with zero attached hydrogens (tertiary/aromatic N) is 1. The van der Waals surface area contributed by atoms with E-state index in [0.717, 1.165) is 0 Å². The van der Waals surface area contributed by atoms with Crippen molar-refractivity contribution < 1.29 is 4.39 Å². The van der Waals surface area contributed by atoms with Gasteiger partial charge in [-0.1, -0.05) is 15.9 Å². The van der Waals surface area contributed by atoms with E-state index >= 15 is 0 Å². The summed E-state index contributed by atoms with van der Waals surface area (Å²) >= 11 is 6.18. The first kappa shape index (κ1) is 8.14. The molecule has 0 radical (unpaired) electrons. The molecular formula is C6H4Br2FN. The first-order valence-corrected chi connectivity index (χ1v) is 4.51. The minimum absolute atomic E-state index is 0.274. The lowest BCUT2D eigenvalue weighted by atomic mass is 10.4. The fraction of sp³-hybridized carbons (Fsp3) is 0.167. The number of rotatable bonds is 1. The van der Waals surface area contributed by atoms with Crippen LogP contribution in [0.4, 0.5) is 4.39 Å². The molecule has 0 spiro atoms. The van der Waals surface area contributed by atoms with Crippen molar-refractivity contribution in [3.8, 4) is 0 Å². The molecule has 0 saturated heterocycles. The summed E-state index contributed by atoms with van der Waals surface area (Å²) in [5.74, 6) is -0.274. The Balaban J connectivity index is 3.04. The molecule has 4 heteroatoms. The van der Waals surface area contributed by atoms with Crippen molar-refractivity contribution in [3.63, 3.8) is 0 Å². The van der Waals surface area contributed by atoms with Crippen LogP contribution in [0.1, 0.15) is 5.69 Å². The van der Waals surface area contributed by atoms with E-state index in [1.54, 1.807) is 0 Å². The fourth-order valence-corrected chi connectivity index (χ4v) is 1.05. The molecule has 0 amide bonds. The van der Waals surface area contributed by atoms with Gasteiger partial charge in [0.05, 0.1) is 10.2 Å². The summed E-state index contributed by atoms with van der Waals surface area (Å²) in [5.41, 5.74) is 0.695. The van der Waals surface area contributed by atoms with Crippen molar-refractivity contribution in [1.82, 2.24) is 4.98 Å². The summed E-state index contributed by atoms with van der Waals surface area (Å²) in [4.78, 5) is 3.92. The molecule has 0 aliphatic heterocycles. The molecule has 1 rings (SSSR count). The van der Waals surface area contributed by atoms with Crippen molar-refractivity contribution in [2.24, 2.45) is 0 Å². The van der Waals surface area contributed by atoms with E-state index in [2.05, 4.69) is 36.8 Å². The predicted molar refractivity (Wildman–Crippen MR) is 44.5 cm³/mol. The number of hydrogen-bond acceptors (Lipinski definition) is 1. The summed E-state index contributed by atoms with van der Waals surface area (Å²) in [6, 6.07) is 1.39. The van der Waals surface area contributed by atoms with Gasteiger partial charge in [-0.3, -0.25) is 4.98 Å². The third-order valence-electron chi connectivity index (χ3n) is 1.00. The summed E-state index contributed by atoms with van der Waals surface area (Å²) in [5, 5.41) is 0.581. The zero-order valence-corrected chi connectivity index (χ0v) is 8.11. The zero-order chi connectivity index (χ0) is 7.56. The average Bonchev–Trinajstić information content (AvgIpc) is 1.95. The van der Waals surface area contributed by atoms with Crippen molar-refractivity contribution >= 4 is 31.9 Å². The second-order valence-corrected chi connectivity index (χ2v) is 3.14. The molecule has 0 fully saturated rings. The van der Waals surface area contributed by atoms with Gasteiger partial charge in [0, 0.05) is 11.5 Å². The minimum atomic E-state index is -0.274. The Bertz CT molecular complexity index is 239. The number of halogens is 3. The van der Waals surface area contributed by atoms with Crippen LogP contribution in [0.5, 0.6) is 0 Å². The molecule has 0 aliphatic rings. The highest BCUT2D eigenvalue weighted by Crippen LogP contribution is 2.14. The second-order valence-electron chi connectivity index (χ2n) is 1.72. The number of alkyl halides is 1. The Morgan fingerprint density at radius 1 is 1.60 bits per heavy atom. The van der Waals surface area contributed by atoms with Crippen LogP contribution >= 0.6 is 31.9 Å². The van der Waals surface area contributed by atoms with Crippen LogP contribution in [0.2, 0.25) is 0 Å². The van der Waals surface area contributed by atoms with E-state index in [0.29, 0.717) is 15.5 Å². The van der Waals surface area contributed by atoms with E-state index < -0.39 is 0 Å². The highest BCUT2D eigenvalue weighted by Gasteiger charge is 1.99. The molecule has 1 aromatic heterocycles. The van der Waals surface area contributed by atoms with Crippen LogP contribution in [0.15, 0.2) is 16.7 Å². The highest BCUT2D eigenvalue weighted by atomic mass is 79.9. The Morgan fingerprint density at radius 2 is 2.30 bits per heavy atom. The van der Waals surface area contributed by atoms with Crippen molar-refractivity contribution in [2.75, 3.05) is 0 Å². The Kier molecular flexibility index (Phi) is 2.80. The monoisotopic (exact) mass is 267 g/mol. The highest BCUT2D eigenvalue weighted by molar-refractivity contribution is 9.10. The second kappa shape index (κ2) is 3.44. The lowest BCUT2D eigenvalue weighted by molar-refractivity contribution is 0.616. The first-order chi connectivity index (χ1) is 4.74. The zero-order valence-electron chi connectivity index (χ0n) is 4.94. The summed E-state index contributed by atoms with van der Waals surface area (Å²) < 4.78 is 13.1. The lowest BCUT2D eigenvalue weighted by Crippen LogP contribution is -1.86. The largest absolute Gasteiger partial charge is 0.259 e. The van der Waals surface area contributed by atoms with Gasteiger partial charge in [0.1, 0.15) is 5.82 Å².